The van der Waals surface area contributed by atoms with Crippen molar-refractivity contribution in [3.63, 3.8) is 0 Å². The van der Waals surface area contributed by atoms with Gasteiger partial charge in [-0.25, -0.2) is 0 Å². The molecule has 0 saturated heterocycles. The first-order valence-corrected chi connectivity index (χ1v) is 14.1. The van der Waals surface area contributed by atoms with Gasteiger partial charge in [-0.05, 0) is 37.6 Å². The summed E-state index contributed by atoms with van der Waals surface area (Å²) in [6.45, 7) is 4.89. The lowest BCUT2D eigenvalue weighted by Crippen LogP contribution is -2.33. The zero-order valence-corrected chi connectivity index (χ0v) is 22.3. The topological polar surface area (TPSA) is 78.5 Å². The Morgan fingerprint density at radius 1 is 1.00 bits per heavy atom. The van der Waals surface area contributed by atoms with Gasteiger partial charge in [-0.2, -0.15) is 0 Å². The second-order valence-electron chi connectivity index (χ2n) is 8.63. The summed E-state index contributed by atoms with van der Waals surface area (Å²) in [5, 5.41) is 2.88. The van der Waals surface area contributed by atoms with Crippen molar-refractivity contribution in [2.45, 2.75) is 44.4 Å². The lowest BCUT2D eigenvalue weighted by molar-refractivity contribution is -0.125. The number of thiol groups is 1. The number of nitrogens with one attached hydrogen (secondary N) is 2. The van der Waals surface area contributed by atoms with E-state index in [9.17, 15) is 14.4 Å². The fraction of sp³-hybridized carbons (Fsp3) is 0.346. The van der Waals surface area contributed by atoms with Crippen molar-refractivity contribution in [1.82, 2.24) is 10.0 Å². The predicted octanol–water partition coefficient (Wildman–Crippen LogP) is 4.34. The van der Waals surface area contributed by atoms with Crippen LogP contribution >= 0.6 is 34.4 Å². The summed E-state index contributed by atoms with van der Waals surface area (Å²) >= 11 is 3.78. The van der Waals surface area contributed by atoms with Crippen molar-refractivity contribution < 1.29 is 14.4 Å². The molecule has 1 heterocycles. The Kier molecular flexibility index (Phi) is 10.0. The minimum Gasteiger partial charge on any atom is -0.355 e. The number of hydrogen-bond donors (Lipinski definition) is 3. The molecule has 0 fully saturated rings. The molecule has 1 aliphatic rings. The molecule has 3 rings (SSSR count). The lowest BCUT2D eigenvalue weighted by atomic mass is 10.0. The van der Waals surface area contributed by atoms with E-state index in [1.54, 1.807) is 26.5 Å². The third-order valence-corrected chi connectivity index (χ3v) is 8.78. The minimum atomic E-state index is -0.237. The number of hydrogen-bond acceptors (Lipinski definition) is 6. The Morgan fingerprint density at radius 2 is 1.69 bits per heavy atom. The number of anilines is 1. The van der Waals surface area contributed by atoms with E-state index in [2.05, 4.69) is 34.7 Å². The number of fused-ring (bicyclic) bond motifs is 2. The summed E-state index contributed by atoms with van der Waals surface area (Å²) in [5.74, 6) is 6.70. The molecule has 9 heteroatoms. The number of amides is 3. The predicted molar refractivity (Wildman–Crippen MR) is 148 cm³/mol. The van der Waals surface area contributed by atoms with Gasteiger partial charge in [0, 0.05) is 47.4 Å². The molecular formula is C26H29N3O3S3. The van der Waals surface area contributed by atoms with E-state index in [4.69, 9.17) is 0 Å². The monoisotopic (exact) mass is 527 g/mol. The van der Waals surface area contributed by atoms with Crippen LogP contribution in [0.15, 0.2) is 48.5 Å². The highest BCUT2D eigenvalue weighted by Gasteiger charge is 2.23. The van der Waals surface area contributed by atoms with Crippen LogP contribution in [0, 0.1) is 11.8 Å². The summed E-state index contributed by atoms with van der Waals surface area (Å²) in [5.41, 5.74) is 3.45. The van der Waals surface area contributed by atoms with Crippen LogP contribution in [0.1, 0.15) is 49.8 Å². The summed E-state index contributed by atoms with van der Waals surface area (Å²) in [6, 6.07) is 15.4. The molecule has 0 spiro atoms. The van der Waals surface area contributed by atoms with Crippen molar-refractivity contribution >= 4 is 57.8 Å². The number of carbonyl (C=O) groups is 3. The van der Waals surface area contributed by atoms with Gasteiger partial charge in [-0.1, -0.05) is 76.6 Å². The summed E-state index contributed by atoms with van der Waals surface area (Å²) in [6.07, 6.45) is 0.595. The van der Waals surface area contributed by atoms with E-state index in [0.29, 0.717) is 25.3 Å². The van der Waals surface area contributed by atoms with E-state index >= 15 is 0 Å². The van der Waals surface area contributed by atoms with Crippen molar-refractivity contribution in [1.29, 1.82) is 0 Å². The van der Waals surface area contributed by atoms with E-state index in [-0.39, 0.29) is 35.3 Å². The molecule has 2 aromatic rings. The highest BCUT2D eigenvalue weighted by atomic mass is 33.1. The zero-order chi connectivity index (χ0) is 25.3. The van der Waals surface area contributed by atoms with Gasteiger partial charge in [-0.15, -0.1) is 0 Å². The number of nitrogens with zero attached hydrogens (tertiary/aromatic N) is 1. The van der Waals surface area contributed by atoms with Gasteiger partial charge in [0.2, 0.25) is 17.7 Å². The van der Waals surface area contributed by atoms with Crippen LogP contribution < -0.4 is 14.9 Å². The number of benzene rings is 2. The second kappa shape index (κ2) is 13.0. The molecule has 6 nitrogen and oxygen atoms in total. The molecule has 0 saturated carbocycles. The SMILES string of the molecule is CC(C)(CC(=O)NS)SSCCNC(=O)CCC(=O)N1Cc2ccccc2C#Cc2ccccc21. The molecule has 0 aromatic heterocycles. The van der Waals surface area contributed by atoms with Crippen LogP contribution in [0.3, 0.4) is 0 Å². The molecule has 0 aliphatic carbocycles. The minimum absolute atomic E-state index is 0.111. The van der Waals surface area contributed by atoms with Crippen LogP contribution in [0.4, 0.5) is 5.69 Å². The summed E-state index contributed by atoms with van der Waals surface area (Å²) in [7, 11) is 3.20. The van der Waals surface area contributed by atoms with Crippen LogP contribution in [0.25, 0.3) is 0 Å². The van der Waals surface area contributed by atoms with Gasteiger partial charge < -0.3 is 14.9 Å². The third kappa shape index (κ3) is 8.27. The quantitative estimate of drug-likeness (QED) is 0.185. The maximum absolute atomic E-state index is 13.2. The molecule has 1 aliphatic heterocycles. The first-order chi connectivity index (χ1) is 16.8. The van der Waals surface area contributed by atoms with Crippen molar-refractivity contribution in [2.75, 3.05) is 17.2 Å². The standard InChI is InChI=1S/C26H29N3O3S3/c1-26(2,17-24(31)28-33)35-34-16-15-27-23(30)13-14-25(32)29-18-21-9-4-3-7-19(21)11-12-20-8-5-6-10-22(20)29/h3-10,33H,13-18H2,1-2H3,(H,27,30)(H,28,31). The van der Waals surface area contributed by atoms with Crippen LogP contribution in [0.5, 0.6) is 0 Å². The molecule has 0 unspecified atom stereocenters. The summed E-state index contributed by atoms with van der Waals surface area (Å²) < 4.78 is 2.10. The van der Waals surface area contributed by atoms with Crippen LogP contribution in [0.2, 0.25) is 0 Å². The smallest absolute Gasteiger partial charge is 0.231 e. The average Bonchev–Trinajstić information content (AvgIpc) is 2.83. The molecule has 3 amide bonds. The normalized spacial score (nSPS) is 12.3. The third-order valence-electron chi connectivity index (χ3n) is 5.24. The molecule has 184 valence electrons. The first-order valence-electron chi connectivity index (χ1n) is 11.3. The summed E-state index contributed by atoms with van der Waals surface area (Å²) in [4.78, 5) is 38.8. The van der Waals surface area contributed by atoms with E-state index in [0.717, 1.165) is 22.4 Å². The van der Waals surface area contributed by atoms with Gasteiger partial charge in [0.05, 0.1) is 12.2 Å². The van der Waals surface area contributed by atoms with Crippen LogP contribution in [-0.2, 0) is 20.9 Å². The highest BCUT2D eigenvalue weighted by Crippen LogP contribution is 2.37. The van der Waals surface area contributed by atoms with E-state index in [1.807, 2.05) is 62.4 Å². The Morgan fingerprint density at radius 3 is 2.46 bits per heavy atom. The molecule has 35 heavy (non-hydrogen) atoms. The van der Waals surface area contributed by atoms with Gasteiger partial charge in [0.15, 0.2) is 0 Å². The second-order valence-corrected chi connectivity index (χ2v) is 12.0. The maximum Gasteiger partial charge on any atom is 0.231 e. The molecule has 2 N–H and O–H groups in total. The molecule has 0 radical (unpaired) electrons. The molecule has 2 aromatic carbocycles. The average molecular weight is 528 g/mol. The Labute approximate surface area is 220 Å². The first kappa shape index (κ1) is 27.1. The largest absolute Gasteiger partial charge is 0.355 e. The van der Waals surface area contributed by atoms with Gasteiger partial charge >= 0.3 is 0 Å². The van der Waals surface area contributed by atoms with Gasteiger partial charge in [0.25, 0.3) is 0 Å². The number of carbonyl (C=O) groups excluding carboxylic acids is 3. The maximum atomic E-state index is 13.2. The Hall–Kier alpha value is -2.54. The molecule has 0 bridgehead atoms. The fourth-order valence-electron chi connectivity index (χ4n) is 3.54. The van der Waals surface area contributed by atoms with Crippen molar-refractivity contribution in [3.05, 3.63) is 65.2 Å². The van der Waals surface area contributed by atoms with Crippen LogP contribution in [-0.4, -0.2) is 34.8 Å². The van der Waals surface area contributed by atoms with Crippen molar-refractivity contribution in [2.24, 2.45) is 0 Å². The zero-order valence-electron chi connectivity index (χ0n) is 19.8. The van der Waals surface area contributed by atoms with Crippen molar-refractivity contribution in [3.8, 4) is 11.8 Å². The van der Waals surface area contributed by atoms with Gasteiger partial charge in [0.1, 0.15) is 0 Å². The van der Waals surface area contributed by atoms with E-state index < -0.39 is 0 Å². The Bertz CT molecular complexity index is 1140. The molecule has 0 atom stereocenters. The number of rotatable bonds is 10. The molecular weight excluding hydrogens is 499 g/mol. The fourth-order valence-corrected chi connectivity index (χ4v) is 6.03. The van der Waals surface area contributed by atoms with Gasteiger partial charge in [-0.3, -0.25) is 14.4 Å². The number of para-hydroxylation sites is 1. The Balaban J connectivity index is 1.50. The highest BCUT2D eigenvalue weighted by molar-refractivity contribution is 8.77. The lowest BCUT2D eigenvalue weighted by Gasteiger charge is -2.26. The van der Waals surface area contributed by atoms with E-state index in [1.165, 1.54) is 0 Å².